The molecule has 0 radical (unpaired) electrons. The van der Waals surface area contributed by atoms with Gasteiger partial charge < -0.3 is 4.98 Å². The molecule has 6 heteroatoms. The number of nitrogens with zero attached hydrogens (tertiary/aromatic N) is 2. The first kappa shape index (κ1) is 15.5. The number of H-pyrrole nitrogens is 1. The summed E-state index contributed by atoms with van der Waals surface area (Å²) >= 11 is 5.79. The zero-order valence-electron chi connectivity index (χ0n) is 12.8. The Morgan fingerprint density at radius 2 is 1.96 bits per heavy atom. The lowest BCUT2D eigenvalue weighted by atomic mass is 10.0. The molecule has 1 aromatic carbocycles. The average Bonchev–Trinajstić information content (AvgIpc) is 3.07. The highest BCUT2D eigenvalue weighted by Gasteiger charge is 2.20. The molecule has 1 N–H and O–H groups in total. The topological polar surface area (TPSA) is 58.6 Å². The molecule has 122 valence electrons. The van der Waals surface area contributed by atoms with Crippen molar-refractivity contribution in [3.8, 4) is 11.1 Å². The molecule has 0 aliphatic heterocycles. The lowest BCUT2D eigenvalue weighted by molar-refractivity contribution is 0.103. The second kappa shape index (κ2) is 6.11. The highest BCUT2D eigenvalue weighted by molar-refractivity contribution is 6.31. The summed E-state index contributed by atoms with van der Waals surface area (Å²) in [5, 5.41) is 0.533. The van der Waals surface area contributed by atoms with Crippen LogP contribution in [0, 0.1) is 5.82 Å². The van der Waals surface area contributed by atoms with Gasteiger partial charge in [-0.25, -0.2) is 9.37 Å². The van der Waals surface area contributed by atoms with E-state index < -0.39 is 11.6 Å². The molecule has 0 amide bonds. The van der Waals surface area contributed by atoms with Crippen molar-refractivity contribution in [3.05, 3.63) is 83.2 Å². The SMILES string of the molecule is O=C(c1cccc(Cl)c1F)c1c[nH]c2ncc(-c3cccnc3)cc12. The molecular weight excluding hydrogens is 341 g/mol. The minimum Gasteiger partial charge on any atom is -0.345 e. The molecule has 0 aliphatic rings. The van der Waals surface area contributed by atoms with E-state index in [4.69, 9.17) is 11.6 Å². The van der Waals surface area contributed by atoms with Gasteiger partial charge in [0.15, 0.2) is 11.6 Å². The van der Waals surface area contributed by atoms with Gasteiger partial charge in [-0.15, -0.1) is 0 Å². The summed E-state index contributed by atoms with van der Waals surface area (Å²) in [6, 6.07) is 9.94. The standard InChI is InChI=1S/C19H11ClFN3O/c20-16-5-1-4-13(17(16)21)18(25)15-10-24-19-14(15)7-12(9-23-19)11-3-2-6-22-8-11/h1-10H,(H,23,24). The summed E-state index contributed by atoms with van der Waals surface area (Å²) in [7, 11) is 0. The van der Waals surface area contributed by atoms with Gasteiger partial charge in [-0.05, 0) is 24.3 Å². The monoisotopic (exact) mass is 351 g/mol. The predicted molar refractivity (Wildman–Crippen MR) is 94.2 cm³/mol. The third-order valence-electron chi connectivity index (χ3n) is 3.97. The molecular formula is C19H11ClFN3O. The molecule has 0 unspecified atom stereocenters. The number of benzene rings is 1. The fourth-order valence-corrected chi connectivity index (χ4v) is 2.88. The molecule has 3 aromatic heterocycles. The first-order chi connectivity index (χ1) is 12.1. The van der Waals surface area contributed by atoms with Crippen molar-refractivity contribution in [1.82, 2.24) is 15.0 Å². The number of pyridine rings is 2. The Labute approximate surface area is 147 Å². The zero-order valence-corrected chi connectivity index (χ0v) is 13.6. The van der Waals surface area contributed by atoms with Gasteiger partial charge >= 0.3 is 0 Å². The van der Waals surface area contributed by atoms with Crippen molar-refractivity contribution in [2.24, 2.45) is 0 Å². The van der Waals surface area contributed by atoms with Crippen LogP contribution in [0.2, 0.25) is 5.02 Å². The number of hydrogen-bond donors (Lipinski definition) is 1. The molecule has 0 atom stereocenters. The highest BCUT2D eigenvalue weighted by atomic mass is 35.5. The lowest BCUT2D eigenvalue weighted by Gasteiger charge is -2.04. The second-order valence-electron chi connectivity index (χ2n) is 5.49. The average molecular weight is 352 g/mol. The van der Waals surface area contributed by atoms with Crippen LogP contribution in [-0.2, 0) is 0 Å². The molecule has 0 bridgehead atoms. The van der Waals surface area contributed by atoms with Crippen molar-refractivity contribution in [3.63, 3.8) is 0 Å². The van der Waals surface area contributed by atoms with Gasteiger partial charge in [-0.1, -0.05) is 23.7 Å². The summed E-state index contributed by atoms with van der Waals surface area (Å²) in [6.07, 6.45) is 6.63. The van der Waals surface area contributed by atoms with E-state index in [0.29, 0.717) is 16.6 Å². The minimum absolute atomic E-state index is 0.0693. The maximum absolute atomic E-state index is 14.2. The van der Waals surface area contributed by atoms with Gasteiger partial charge in [0.1, 0.15) is 5.65 Å². The van der Waals surface area contributed by atoms with Crippen LogP contribution in [0.3, 0.4) is 0 Å². The van der Waals surface area contributed by atoms with Crippen LogP contribution in [0.25, 0.3) is 22.2 Å². The smallest absolute Gasteiger partial charge is 0.198 e. The van der Waals surface area contributed by atoms with Crippen LogP contribution in [0.4, 0.5) is 4.39 Å². The molecule has 25 heavy (non-hydrogen) atoms. The van der Waals surface area contributed by atoms with Crippen molar-refractivity contribution >= 4 is 28.4 Å². The summed E-state index contributed by atoms with van der Waals surface area (Å²) in [6.45, 7) is 0. The van der Waals surface area contributed by atoms with Crippen LogP contribution in [0.5, 0.6) is 0 Å². The maximum Gasteiger partial charge on any atom is 0.198 e. The van der Waals surface area contributed by atoms with Crippen LogP contribution in [-0.4, -0.2) is 20.7 Å². The Bertz CT molecular complexity index is 1090. The van der Waals surface area contributed by atoms with Crippen LogP contribution >= 0.6 is 11.6 Å². The van der Waals surface area contributed by atoms with Crippen LogP contribution in [0.15, 0.2) is 61.2 Å². The molecule has 4 rings (SSSR count). The van der Waals surface area contributed by atoms with E-state index in [1.54, 1.807) is 24.7 Å². The second-order valence-corrected chi connectivity index (χ2v) is 5.90. The highest BCUT2D eigenvalue weighted by Crippen LogP contribution is 2.27. The van der Waals surface area contributed by atoms with Gasteiger partial charge in [0, 0.05) is 46.9 Å². The van der Waals surface area contributed by atoms with Crippen molar-refractivity contribution in [1.29, 1.82) is 0 Å². The molecule has 0 spiro atoms. The number of nitrogens with one attached hydrogen (secondary N) is 1. The maximum atomic E-state index is 14.2. The summed E-state index contributed by atoms with van der Waals surface area (Å²) in [4.78, 5) is 24.2. The van der Waals surface area contributed by atoms with Gasteiger partial charge in [0.2, 0.25) is 0 Å². The van der Waals surface area contributed by atoms with E-state index >= 15 is 0 Å². The normalized spacial score (nSPS) is 11.0. The van der Waals surface area contributed by atoms with Gasteiger partial charge in [0.05, 0.1) is 10.6 Å². The summed E-state index contributed by atoms with van der Waals surface area (Å²) in [5.41, 5.74) is 2.53. The quantitative estimate of drug-likeness (QED) is 0.547. The number of fused-ring (bicyclic) bond motifs is 1. The van der Waals surface area contributed by atoms with Gasteiger partial charge in [-0.2, -0.15) is 0 Å². The van der Waals surface area contributed by atoms with E-state index in [9.17, 15) is 9.18 Å². The first-order valence-electron chi connectivity index (χ1n) is 7.51. The zero-order chi connectivity index (χ0) is 17.4. The van der Waals surface area contributed by atoms with E-state index in [1.165, 1.54) is 18.3 Å². The van der Waals surface area contributed by atoms with Crippen molar-refractivity contribution in [2.45, 2.75) is 0 Å². The molecule has 0 saturated carbocycles. The summed E-state index contributed by atoms with van der Waals surface area (Å²) < 4.78 is 14.2. The number of ketones is 1. The minimum atomic E-state index is -0.722. The molecule has 0 aliphatic carbocycles. The fourth-order valence-electron chi connectivity index (χ4n) is 2.71. The fraction of sp³-hybridized carbons (Fsp3) is 0. The number of hydrogen-bond acceptors (Lipinski definition) is 3. The van der Waals surface area contributed by atoms with Crippen LogP contribution in [0.1, 0.15) is 15.9 Å². The van der Waals surface area contributed by atoms with Crippen molar-refractivity contribution < 1.29 is 9.18 Å². The Morgan fingerprint density at radius 3 is 2.76 bits per heavy atom. The number of halogens is 2. The molecule has 0 fully saturated rings. The van der Waals surface area contributed by atoms with Gasteiger partial charge in [0.25, 0.3) is 0 Å². The molecule has 4 nitrogen and oxygen atoms in total. The van der Waals surface area contributed by atoms with E-state index in [2.05, 4.69) is 15.0 Å². The Kier molecular flexibility index (Phi) is 3.78. The third kappa shape index (κ3) is 2.68. The number of carbonyl (C=O) groups is 1. The Hall–Kier alpha value is -3.05. The number of aromatic amines is 1. The Morgan fingerprint density at radius 1 is 1.08 bits per heavy atom. The number of rotatable bonds is 3. The van der Waals surface area contributed by atoms with E-state index in [1.807, 2.05) is 18.2 Å². The third-order valence-corrected chi connectivity index (χ3v) is 4.26. The van der Waals surface area contributed by atoms with Crippen LogP contribution < -0.4 is 0 Å². The van der Waals surface area contributed by atoms with E-state index in [-0.39, 0.29) is 10.6 Å². The molecule has 3 heterocycles. The summed E-state index contributed by atoms with van der Waals surface area (Å²) in [5.74, 6) is -1.17. The predicted octanol–water partition coefficient (Wildman–Crippen LogP) is 4.65. The van der Waals surface area contributed by atoms with Crippen molar-refractivity contribution in [2.75, 3.05) is 0 Å². The number of aromatic nitrogens is 3. The lowest BCUT2D eigenvalue weighted by Crippen LogP contribution is -2.04. The largest absolute Gasteiger partial charge is 0.345 e. The molecule has 0 saturated heterocycles. The van der Waals surface area contributed by atoms with E-state index in [0.717, 1.165) is 11.1 Å². The van der Waals surface area contributed by atoms with Gasteiger partial charge in [-0.3, -0.25) is 9.78 Å². The Balaban J connectivity index is 1.85. The first-order valence-corrected chi connectivity index (χ1v) is 7.89. The molecule has 4 aromatic rings. The number of carbonyl (C=O) groups excluding carboxylic acids is 1.